The van der Waals surface area contributed by atoms with Gasteiger partial charge in [-0.2, -0.15) is 0 Å². The molecule has 0 radical (unpaired) electrons. The molecule has 4 rings (SSSR count). The highest BCUT2D eigenvalue weighted by atomic mass is 31.2. The van der Waals surface area contributed by atoms with Gasteiger partial charge in [0.25, 0.3) is 0 Å². The van der Waals surface area contributed by atoms with Gasteiger partial charge in [-0.05, 0) is 77.5 Å². The van der Waals surface area contributed by atoms with E-state index in [1.165, 1.54) is 35.1 Å². The second-order valence-corrected chi connectivity index (χ2v) is 13.0. The number of hydrogen-bond acceptors (Lipinski definition) is 3. The SMILES string of the molecule is CC(=Cc1ccc(COP2(=O)OCCCN2C)cc1)c1ccc2c(c1)C(C)(C)CCC2(C)C. The molecule has 1 unspecified atom stereocenters. The van der Waals surface area contributed by atoms with Crippen molar-refractivity contribution in [1.82, 2.24) is 4.67 Å². The summed E-state index contributed by atoms with van der Waals surface area (Å²) >= 11 is 0. The maximum Gasteiger partial charge on any atom is 0.408 e. The molecule has 2 aliphatic rings. The first-order valence-electron chi connectivity index (χ1n) is 12.0. The summed E-state index contributed by atoms with van der Waals surface area (Å²) in [5.74, 6) is 0. The minimum absolute atomic E-state index is 0.209. The summed E-state index contributed by atoms with van der Waals surface area (Å²) < 4.78 is 25.6. The molecule has 1 fully saturated rings. The summed E-state index contributed by atoms with van der Waals surface area (Å²) in [6.45, 7) is 13.2. The first-order chi connectivity index (χ1) is 15.5. The van der Waals surface area contributed by atoms with E-state index in [9.17, 15) is 4.57 Å². The van der Waals surface area contributed by atoms with E-state index in [1.54, 1.807) is 11.7 Å². The van der Waals surface area contributed by atoms with E-state index in [4.69, 9.17) is 9.05 Å². The lowest BCUT2D eigenvalue weighted by Gasteiger charge is -2.42. The fourth-order valence-corrected chi connectivity index (χ4v) is 6.39. The molecule has 178 valence electrons. The van der Waals surface area contributed by atoms with E-state index in [0.717, 1.165) is 24.1 Å². The average molecular weight is 468 g/mol. The van der Waals surface area contributed by atoms with Crippen molar-refractivity contribution in [3.05, 3.63) is 70.3 Å². The molecule has 5 heteroatoms. The van der Waals surface area contributed by atoms with Gasteiger partial charge in [0.15, 0.2) is 0 Å². The van der Waals surface area contributed by atoms with Gasteiger partial charge in [-0.15, -0.1) is 0 Å². The Morgan fingerprint density at radius 1 is 1.06 bits per heavy atom. The Balaban J connectivity index is 1.49. The maximum atomic E-state index is 12.8. The predicted octanol–water partition coefficient (Wildman–Crippen LogP) is 7.57. The van der Waals surface area contributed by atoms with Gasteiger partial charge in [0.2, 0.25) is 0 Å². The van der Waals surface area contributed by atoms with Crippen LogP contribution in [0.25, 0.3) is 11.6 Å². The molecule has 0 saturated carbocycles. The molecule has 0 N–H and O–H groups in total. The molecule has 1 aliphatic carbocycles. The first-order valence-corrected chi connectivity index (χ1v) is 13.5. The van der Waals surface area contributed by atoms with Crippen LogP contribution in [0.15, 0.2) is 42.5 Å². The van der Waals surface area contributed by atoms with Crippen LogP contribution in [0.2, 0.25) is 0 Å². The normalized spacial score (nSPS) is 25.0. The Labute approximate surface area is 199 Å². The lowest BCUT2D eigenvalue weighted by Crippen LogP contribution is -2.33. The molecular formula is C28H38NO3P. The van der Waals surface area contributed by atoms with Crippen LogP contribution in [-0.4, -0.2) is 24.9 Å². The summed E-state index contributed by atoms with van der Waals surface area (Å²) in [7, 11) is -1.36. The Morgan fingerprint density at radius 2 is 1.73 bits per heavy atom. The molecule has 0 spiro atoms. The molecule has 1 aliphatic heterocycles. The highest BCUT2D eigenvalue weighted by Crippen LogP contribution is 2.53. The summed E-state index contributed by atoms with van der Waals surface area (Å²) in [5, 5.41) is 0. The van der Waals surface area contributed by atoms with Gasteiger partial charge in [-0.1, -0.05) is 76.2 Å². The average Bonchev–Trinajstić information content (AvgIpc) is 2.78. The number of hydrogen-bond donors (Lipinski definition) is 0. The lowest BCUT2D eigenvalue weighted by molar-refractivity contribution is 0.130. The van der Waals surface area contributed by atoms with E-state index in [0.29, 0.717) is 6.61 Å². The lowest BCUT2D eigenvalue weighted by atomic mass is 9.63. The van der Waals surface area contributed by atoms with Crippen molar-refractivity contribution in [2.45, 2.75) is 71.3 Å². The fourth-order valence-electron chi connectivity index (χ4n) is 4.86. The van der Waals surface area contributed by atoms with E-state index in [-0.39, 0.29) is 17.4 Å². The third-order valence-corrected chi connectivity index (χ3v) is 9.36. The third-order valence-electron chi connectivity index (χ3n) is 7.36. The first kappa shape index (κ1) is 24.4. The van der Waals surface area contributed by atoms with E-state index < -0.39 is 7.75 Å². The van der Waals surface area contributed by atoms with E-state index in [2.05, 4.69) is 71.0 Å². The minimum atomic E-state index is -3.15. The van der Waals surface area contributed by atoms with Crippen LogP contribution in [-0.2, 0) is 31.0 Å². The largest absolute Gasteiger partial charge is 0.408 e. The van der Waals surface area contributed by atoms with E-state index >= 15 is 0 Å². The number of benzene rings is 2. The van der Waals surface area contributed by atoms with Crippen molar-refractivity contribution in [3.8, 4) is 0 Å². The Hall–Kier alpha value is -1.71. The van der Waals surface area contributed by atoms with Crippen LogP contribution in [0.1, 0.15) is 81.7 Å². The fraction of sp³-hybridized carbons (Fsp3) is 0.500. The molecular weight excluding hydrogens is 429 g/mol. The highest BCUT2D eigenvalue weighted by Gasteiger charge is 2.37. The van der Waals surface area contributed by atoms with Crippen LogP contribution in [0.3, 0.4) is 0 Å². The van der Waals surface area contributed by atoms with Crippen molar-refractivity contribution in [1.29, 1.82) is 0 Å². The van der Waals surface area contributed by atoms with Crippen molar-refractivity contribution >= 4 is 19.4 Å². The van der Waals surface area contributed by atoms with Crippen LogP contribution < -0.4 is 0 Å². The van der Waals surface area contributed by atoms with Crippen molar-refractivity contribution in [2.75, 3.05) is 20.2 Å². The number of nitrogens with zero attached hydrogens (tertiary/aromatic N) is 1. The second-order valence-electron chi connectivity index (χ2n) is 10.9. The van der Waals surface area contributed by atoms with Crippen LogP contribution >= 0.6 is 7.75 Å². The molecule has 0 aromatic heterocycles. The summed E-state index contributed by atoms with van der Waals surface area (Å²) in [6, 6.07) is 15.3. The Kier molecular flexibility index (Phi) is 6.77. The van der Waals surface area contributed by atoms with Crippen LogP contribution in [0.4, 0.5) is 0 Å². The van der Waals surface area contributed by atoms with Gasteiger partial charge < -0.3 is 0 Å². The smallest absolute Gasteiger partial charge is 0.297 e. The minimum Gasteiger partial charge on any atom is -0.297 e. The van der Waals surface area contributed by atoms with Gasteiger partial charge in [0.1, 0.15) is 0 Å². The zero-order chi connectivity index (χ0) is 23.9. The molecule has 4 nitrogen and oxygen atoms in total. The van der Waals surface area contributed by atoms with Gasteiger partial charge in [0.05, 0.1) is 13.2 Å². The van der Waals surface area contributed by atoms with Crippen LogP contribution in [0.5, 0.6) is 0 Å². The summed E-state index contributed by atoms with van der Waals surface area (Å²) in [5.41, 5.74) is 8.09. The molecule has 1 saturated heterocycles. The zero-order valence-corrected chi connectivity index (χ0v) is 21.9. The number of allylic oxidation sites excluding steroid dienone is 1. The Morgan fingerprint density at radius 3 is 2.39 bits per heavy atom. The Bertz CT molecular complexity index is 1080. The molecule has 1 heterocycles. The zero-order valence-electron chi connectivity index (χ0n) is 21.0. The third kappa shape index (κ3) is 5.20. The number of fused-ring (bicyclic) bond motifs is 1. The molecule has 2 aromatic carbocycles. The van der Waals surface area contributed by atoms with Gasteiger partial charge >= 0.3 is 7.75 Å². The molecule has 2 aromatic rings. The summed E-state index contributed by atoms with van der Waals surface area (Å²) in [4.78, 5) is 0. The molecule has 0 bridgehead atoms. The van der Waals surface area contributed by atoms with Gasteiger partial charge in [-0.25, -0.2) is 9.24 Å². The van der Waals surface area contributed by atoms with Gasteiger partial charge in [-0.3, -0.25) is 9.05 Å². The molecule has 0 amide bonds. The monoisotopic (exact) mass is 467 g/mol. The van der Waals surface area contributed by atoms with Crippen LogP contribution in [0, 0.1) is 0 Å². The standard InChI is InChI=1S/C28H38NO3P/c1-21(24-12-13-25-26(19-24)28(4,5)15-14-27(25,2)3)18-22-8-10-23(11-9-22)20-32-33(30)29(6)16-7-17-31-33/h8-13,18-19H,7,14-17,20H2,1-6H3. The number of rotatable bonds is 5. The van der Waals surface area contributed by atoms with Crippen molar-refractivity contribution < 1.29 is 13.6 Å². The summed E-state index contributed by atoms with van der Waals surface area (Å²) in [6.07, 6.45) is 5.56. The topological polar surface area (TPSA) is 38.8 Å². The van der Waals surface area contributed by atoms with Crippen molar-refractivity contribution in [3.63, 3.8) is 0 Å². The van der Waals surface area contributed by atoms with Crippen molar-refractivity contribution in [2.24, 2.45) is 0 Å². The molecule has 1 atom stereocenters. The molecule has 33 heavy (non-hydrogen) atoms. The second kappa shape index (κ2) is 9.15. The maximum absolute atomic E-state index is 12.8. The van der Waals surface area contributed by atoms with Gasteiger partial charge in [0, 0.05) is 6.54 Å². The highest BCUT2D eigenvalue weighted by molar-refractivity contribution is 7.51. The predicted molar refractivity (Wildman–Crippen MR) is 137 cm³/mol. The quantitative estimate of drug-likeness (QED) is 0.336. The van der Waals surface area contributed by atoms with E-state index in [1.807, 2.05) is 12.1 Å².